The first-order valence-electron chi connectivity index (χ1n) is 7.51. The molecule has 9 heteroatoms. The molecule has 0 aliphatic heterocycles. The Morgan fingerprint density at radius 3 is 2.92 bits per heavy atom. The van der Waals surface area contributed by atoms with E-state index in [1.54, 1.807) is 6.07 Å². The van der Waals surface area contributed by atoms with E-state index in [4.69, 9.17) is 5.26 Å². The van der Waals surface area contributed by atoms with Crippen molar-refractivity contribution in [3.63, 3.8) is 0 Å². The van der Waals surface area contributed by atoms with Gasteiger partial charge in [-0.1, -0.05) is 6.07 Å². The Hall–Kier alpha value is -1.76. The fourth-order valence-electron chi connectivity index (χ4n) is 2.69. The van der Waals surface area contributed by atoms with Gasteiger partial charge in [-0.2, -0.15) is 31.5 Å². The standard InChI is InChI=1S/C15H19F2N3O3S/c1-20(9-3-8-18)24(21,22)19-14-5-2-4-11-10-12(23-15(16)17)6-7-13(11)14/h6-7,10,14-15,19H,2-5,9H2,1H3. The summed E-state index contributed by atoms with van der Waals surface area (Å²) >= 11 is 0. The number of benzene rings is 1. The Kier molecular flexibility index (Phi) is 6.10. The van der Waals surface area contributed by atoms with E-state index in [9.17, 15) is 17.2 Å². The molecule has 1 aliphatic carbocycles. The van der Waals surface area contributed by atoms with Crippen molar-refractivity contribution in [3.8, 4) is 11.8 Å². The van der Waals surface area contributed by atoms with E-state index in [1.165, 1.54) is 19.2 Å². The smallest absolute Gasteiger partial charge is 0.387 e. The first-order chi connectivity index (χ1) is 11.3. The summed E-state index contributed by atoms with van der Waals surface area (Å²) in [6.07, 6.45) is 2.14. The van der Waals surface area contributed by atoms with Crippen molar-refractivity contribution in [1.29, 1.82) is 5.26 Å². The molecule has 132 valence electrons. The summed E-state index contributed by atoms with van der Waals surface area (Å²) in [5, 5.41) is 8.56. The van der Waals surface area contributed by atoms with Crippen LogP contribution in [0.2, 0.25) is 0 Å². The van der Waals surface area contributed by atoms with E-state index in [-0.39, 0.29) is 18.7 Å². The van der Waals surface area contributed by atoms with Crippen LogP contribution in [-0.2, 0) is 16.6 Å². The van der Waals surface area contributed by atoms with Crippen LogP contribution in [0.4, 0.5) is 8.78 Å². The molecule has 0 radical (unpaired) electrons. The molecule has 0 fully saturated rings. The number of nitrogens with one attached hydrogen (secondary N) is 1. The highest BCUT2D eigenvalue weighted by molar-refractivity contribution is 7.87. The van der Waals surface area contributed by atoms with Crippen LogP contribution in [0.15, 0.2) is 18.2 Å². The maximum Gasteiger partial charge on any atom is 0.387 e. The molecular weight excluding hydrogens is 340 g/mol. The van der Waals surface area contributed by atoms with E-state index in [0.29, 0.717) is 12.8 Å². The molecule has 0 heterocycles. The first kappa shape index (κ1) is 18.6. The molecule has 0 bridgehead atoms. The van der Waals surface area contributed by atoms with Gasteiger partial charge in [-0.3, -0.25) is 0 Å². The molecule has 24 heavy (non-hydrogen) atoms. The Bertz CT molecular complexity index is 719. The van der Waals surface area contributed by atoms with Crippen molar-refractivity contribution in [1.82, 2.24) is 9.03 Å². The van der Waals surface area contributed by atoms with Gasteiger partial charge in [-0.25, -0.2) is 0 Å². The molecule has 1 unspecified atom stereocenters. The third-order valence-electron chi connectivity index (χ3n) is 3.89. The van der Waals surface area contributed by atoms with Crippen LogP contribution in [0.1, 0.15) is 36.4 Å². The van der Waals surface area contributed by atoms with E-state index >= 15 is 0 Å². The van der Waals surface area contributed by atoms with Gasteiger partial charge < -0.3 is 4.74 Å². The van der Waals surface area contributed by atoms with E-state index < -0.39 is 22.9 Å². The lowest BCUT2D eigenvalue weighted by molar-refractivity contribution is -0.0499. The summed E-state index contributed by atoms with van der Waals surface area (Å²) < 4.78 is 57.3. The minimum atomic E-state index is -3.72. The molecule has 0 saturated heterocycles. The van der Waals surface area contributed by atoms with Crippen LogP contribution < -0.4 is 9.46 Å². The number of rotatable bonds is 7. The van der Waals surface area contributed by atoms with Crippen LogP contribution in [0.3, 0.4) is 0 Å². The van der Waals surface area contributed by atoms with Crippen LogP contribution >= 0.6 is 0 Å². The molecule has 1 atom stereocenters. The molecule has 0 amide bonds. The number of ether oxygens (including phenoxy) is 1. The Balaban J connectivity index is 2.16. The van der Waals surface area contributed by atoms with Gasteiger partial charge in [0.2, 0.25) is 0 Å². The second-order valence-electron chi connectivity index (χ2n) is 5.54. The van der Waals surface area contributed by atoms with Gasteiger partial charge in [-0.15, -0.1) is 0 Å². The van der Waals surface area contributed by atoms with Gasteiger partial charge in [-0.05, 0) is 42.5 Å². The Labute approximate surface area is 140 Å². The average Bonchev–Trinajstić information content (AvgIpc) is 2.51. The normalized spacial score (nSPS) is 17.6. The topological polar surface area (TPSA) is 82.4 Å². The molecule has 2 rings (SSSR count). The maximum absolute atomic E-state index is 12.3. The minimum absolute atomic E-state index is 0.0680. The summed E-state index contributed by atoms with van der Waals surface area (Å²) in [4.78, 5) is 0. The highest BCUT2D eigenvalue weighted by atomic mass is 32.2. The molecule has 1 aromatic carbocycles. The number of hydrogen-bond donors (Lipinski definition) is 1. The molecule has 6 nitrogen and oxygen atoms in total. The number of hydrogen-bond acceptors (Lipinski definition) is 4. The minimum Gasteiger partial charge on any atom is -0.435 e. The lowest BCUT2D eigenvalue weighted by atomic mass is 9.88. The fourth-order valence-corrected chi connectivity index (χ4v) is 3.80. The van der Waals surface area contributed by atoms with Gasteiger partial charge in [0.05, 0.1) is 6.07 Å². The zero-order valence-corrected chi connectivity index (χ0v) is 14.0. The zero-order chi connectivity index (χ0) is 17.7. The van der Waals surface area contributed by atoms with Crippen molar-refractivity contribution in [2.45, 2.75) is 38.3 Å². The number of nitrogens with zero attached hydrogens (tertiary/aromatic N) is 2. The van der Waals surface area contributed by atoms with Crippen LogP contribution in [0.25, 0.3) is 0 Å². The van der Waals surface area contributed by atoms with E-state index in [0.717, 1.165) is 21.9 Å². The summed E-state index contributed by atoms with van der Waals surface area (Å²) in [6.45, 7) is -2.79. The van der Waals surface area contributed by atoms with Crippen molar-refractivity contribution in [3.05, 3.63) is 29.3 Å². The molecular formula is C15H19F2N3O3S. The monoisotopic (exact) mass is 359 g/mol. The van der Waals surface area contributed by atoms with E-state index in [2.05, 4.69) is 9.46 Å². The molecule has 1 aromatic rings. The van der Waals surface area contributed by atoms with Crippen molar-refractivity contribution < 1.29 is 21.9 Å². The largest absolute Gasteiger partial charge is 0.435 e. The quantitative estimate of drug-likeness (QED) is 0.810. The second kappa shape index (κ2) is 7.88. The Morgan fingerprint density at radius 1 is 1.50 bits per heavy atom. The predicted molar refractivity (Wildman–Crippen MR) is 83.7 cm³/mol. The highest BCUT2D eigenvalue weighted by Crippen LogP contribution is 2.33. The summed E-state index contributed by atoms with van der Waals surface area (Å²) in [5.74, 6) is 0.0680. The lowest BCUT2D eigenvalue weighted by Gasteiger charge is -2.28. The van der Waals surface area contributed by atoms with Gasteiger partial charge >= 0.3 is 6.61 Å². The Morgan fingerprint density at radius 2 is 2.25 bits per heavy atom. The van der Waals surface area contributed by atoms with E-state index in [1.807, 2.05) is 6.07 Å². The summed E-state index contributed by atoms with van der Waals surface area (Å²) in [5.41, 5.74) is 1.56. The molecule has 1 aliphatic rings. The lowest BCUT2D eigenvalue weighted by Crippen LogP contribution is -2.41. The van der Waals surface area contributed by atoms with Crippen LogP contribution in [0, 0.1) is 11.3 Å². The van der Waals surface area contributed by atoms with Crippen LogP contribution in [-0.4, -0.2) is 32.9 Å². The predicted octanol–water partition coefficient (Wildman–Crippen LogP) is 2.35. The number of halogens is 2. The number of nitriles is 1. The average molecular weight is 359 g/mol. The highest BCUT2D eigenvalue weighted by Gasteiger charge is 2.27. The fraction of sp³-hybridized carbons (Fsp3) is 0.533. The number of alkyl halides is 2. The van der Waals surface area contributed by atoms with Gasteiger partial charge in [0.25, 0.3) is 10.2 Å². The van der Waals surface area contributed by atoms with Crippen molar-refractivity contribution >= 4 is 10.2 Å². The summed E-state index contributed by atoms with van der Waals surface area (Å²) in [7, 11) is -2.32. The van der Waals surface area contributed by atoms with Crippen molar-refractivity contribution in [2.75, 3.05) is 13.6 Å². The SMILES string of the molecule is CN(CCC#N)S(=O)(=O)NC1CCCc2cc(OC(F)F)ccc21. The second-order valence-corrected chi connectivity index (χ2v) is 7.35. The van der Waals surface area contributed by atoms with Gasteiger partial charge in [0.15, 0.2) is 0 Å². The number of fused-ring (bicyclic) bond motifs is 1. The van der Waals surface area contributed by atoms with Crippen molar-refractivity contribution in [2.24, 2.45) is 0 Å². The molecule has 0 saturated carbocycles. The first-order valence-corrected chi connectivity index (χ1v) is 8.95. The molecule has 0 aromatic heterocycles. The molecule has 0 spiro atoms. The summed E-state index contributed by atoms with van der Waals surface area (Å²) in [6, 6.07) is 6.04. The third-order valence-corrected chi connectivity index (χ3v) is 5.48. The number of aryl methyl sites for hydroxylation is 1. The zero-order valence-electron chi connectivity index (χ0n) is 13.2. The van der Waals surface area contributed by atoms with Gasteiger partial charge in [0, 0.05) is 26.1 Å². The maximum atomic E-state index is 12.3. The molecule has 1 N–H and O–H groups in total. The van der Waals surface area contributed by atoms with Gasteiger partial charge in [0.1, 0.15) is 5.75 Å². The third kappa shape index (κ3) is 4.63. The van der Waals surface area contributed by atoms with Crippen LogP contribution in [0.5, 0.6) is 5.75 Å².